The molecule has 0 aromatic heterocycles. The standard InChI is InChI=1S/C14H14F3NO2/c15-11-8-13(17)12(16)7-10(11)2-1-9-3-5-18(6-4-9)14(19)20/h1-2,7-9H,3-6H2,(H,19,20)/b2-1+. The maximum atomic E-state index is 13.4. The van der Waals surface area contributed by atoms with Crippen LogP contribution in [0, 0.1) is 23.4 Å². The fraction of sp³-hybridized carbons (Fsp3) is 0.357. The van der Waals surface area contributed by atoms with Gasteiger partial charge in [0.25, 0.3) is 0 Å². The van der Waals surface area contributed by atoms with Gasteiger partial charge in [-0.05, 0) is 24.8 Å². The number of benzene rings is 1. The van der Waals surface area contributed by atoms with Gasteiger partial charge in [0.05, 0.1) is 0 Å². The lowest BCUT2D eigenvalue weighted by molar-refractivity contribution is 0.129. The summed E-state index contributed by atoms with van der Waals surface area (Å²) in [5, 5.41) is 8.81. The van der Waals surface area contributed by atoms with Crippen LogP contribution in [-0.4, -0.2) is 29.2 Å². The zero-order valence-electron chi connectivity index (χ0n) is 10.7. The minimum absolute atomic E-state index is 0.00966. The molecule has 0 bridgehead atoms. The van der Waals surface area contributed by atoms with Gasteiger partial charge in [0, 0.05) is 24.7 Å². The molecular formula is C14H14F3NO2. The Morgan fingerprint density at radius 1 is 1.15 bits per heavy atom. The molecular weight excluding hydrogens is 271 g/mol. The van der Waals surface area contributed by atoms with Gasteiger partial charge >= 0.3 is 6.09 Å². The molecule has 0 atom stereocenters. The molecule has 1 fully saturated rings. The van der Waals surface area contributed by atoms with Crippen LogP contribution in [0.2, 0.25) is 0 Å². The zero-order valence-corrected chi connectivity index (χ0v) is 10.7. The van der Waals surface area contributed by atoms with Crippen LogP contribution in [0.3, 0.4) is 0 Å². The summed E-state index contributed by atoms with van der Waals surface area (Å²) in [6.45, 7) is 0.842. The maximum absolute atomic E-state index is 13.4. The number of rotatable bonds is 2. The lowest BCUT2D eigenvalue weighted by Crippen LogP contribution is -2.36. The molecule has 1 amide bonds. The predicted molar refractivity (Wildman–Crippen MR) is 67.7 cm³/mol. The third kappa shape index (κ3) is 3.31. The lowest BCUT2D eigenvalue weighted by Gasteiger charge is -2.28. The van der Waals surface area contributed by atoms with E-state index in [4.69, 9.17) is 5.11 Å². The Labute approximate surface area is 114 Å². The second kappa shape index (κ2) is 5.98. The first-order valence-electron chi connectivity index (χ1n) is 6.28. The molecule has 1 heterocycles. The SMILES string of the molecule is O=C(O)N1CCC(/C=C/c2cc(F)c(F)cc2F)CC1. The summed E-state index contributed by atoms with van der Waals surface area (Å²) in [6, 6.07) is 1.33. The molecule has 0 aliphatic carbocycles. The highest BCUT2D eigenvalue weighted by Gasteiger charge is 2.20. The van der Waals surface area contributed by atoms with E-state index in [9.17, 15) is 18.0 Å². The van der Waals surface area contributed by atoms with Crippen molar-refractivity contribution in [2.45, 2.75) is 12.8 Å². The van der Waals surface area contributed by atoms with Gasteiger partial charge in [-0.3, -0.25) is 0 Å². The average Bonchev–Trinajstić information content (AvgIpc) is 2.42. The molecule has 0 unspecified atom stereocenters. The average molecular weight is 285 g/mol. The monoisotopic (exact) mass is 285 g/mol. The molecule has 20 heavy (non-hydrogen) atoms. The van der Waals surface area contributed by atoms with E-state index in [0.29, 0.717) is 32.0 Å². The van der Waals surface area contributed by atoms with Gasteiger partial charge in [-0.2, -0.15) is 0 Å². The number of amides is 1. The van der Waals surface area contributed by atoms with Gasteiger partial charge in [-0.15, -0.1) is 0 Å². The number of piperidine rings is 1. The number of likely N-dealkylation sites (tertiary alicyclic amines) is 1. The molecule has 2 rings (SSSR count). The van der Waals surface area contributed by atoms with E-state index in [0.717, 1.165) is 6.07 Å². The summed E-state index contributed by atoms with van der Waals surface area (Å²) in [7, 11) is 0. The van der Waals surface area contributed by atoms with Crippen molar-refractivity contribution in [1.82, 2.24) is 4.90 Å². The van der Waals surface area contributed by atoms with Crippen LogP contribution in [0.5, 0.6) is 0 Å². The fourth-order valence-electron chi connectivity index (χ4n) is 2.19. The topological polar surface area (TPSA) is 40.5 Å². The van der Waals surface area contributed by atoms with Crippen LogP contribution < -0.4 is 0 Å². The normalized spacial score (nSPS) is 16.9. The summed E-state index contributed by atoms with van der Waals surface area (Å²) in [5.74, 6) is -3.01. The van der Waals surface area contributed by atoms with Gasteiger partial charge in [0.15, 0.2) is 11.6 Å². The Hall–Kier alpha value is -1.98. The van der Waals surface area contributed by atoms with Crippen molar-refractivity contribution in [2.75, 3.05) is 13.1 Å². The van der Waals surface area contributed by atoms with Crippen molar-refractivity contribution >= 4 is 12.2 Å². The van der Waals surface area contributed by atoms with E-state index in [1.807, 2.05) is 0 Å². The molecule has 1 aromatic rings. The molecule has 1 aliphatic rings. The minimum atomic E-state index is -1.21. The first kappa shape index (κ1) is 14.4. The minimum Gasteiger partial charge on any atom is -0.465 e. The number of halogens is 3. The highest BCUT2D eigenvalue weighted by Crippen LogP contribution is 2.21. The van der Waals surface area contributed by atoms with Crippen molar-refractivity contribution < 1.29 is 23.1 Å². The summed E-state index contributed by atoms with van der Waals surface area (Å²) >= 11 is 0. The van der Waals surface area contributed by atoms with Crippen LogP contribution in [0.4, 0.5) is 18.0 Å². The van der Waals surface area contributed by atoms with E-state index in [-0.39, 0.29) is 11.5 Å². The van der Waals surface area contributed by atoms with E-state index in [1.54, 1.807) is 6.08 Å². The second-order valence-electron chi connectivity index (χ2n) is 4.75. The van der Waals surface area contributed by atoms with Crippen molar-refractivity contribution in [3.8, 4) is 0 Å². The smallest absolute Gasteiger partial charge is 0.407 e. The van der Waals surface area contributed by atoms with Gasteiger partial charge in [-0.1, -0.05) is 12.2 Å². The Balaban J connectivity index is 2.01. The molecule has 3 nitrogen and oxygen atoms in total. The summed E-state index contributed by atoms with van der Waals surface area (Å²) in [6.07, 6.45) is 3.45. The third-order valence-corrected chi connectivity index (χ3v) is 3.40. The Bertz CT molecular complexity index is 537. The van der Waals surface area contributed by atoms with Gasteiger partial charge in [0.2, 0.25) is 0 Å². The second-order valence-corrected chi connectivity index (χ2v) is 4.75. The molecule has 1 aliphatic heterocycles. The first-order chi connectivity index (χ1) is 9.47. The highest BCUT2D eigenvalue weighted by molar-refractivity contribution is 5.65. The Morgan fingerprint density at radius 3 is 2.35 bits per heavy atom. The zero-order chi connectivity index (χ0) is 14.7. The predicted octanol–water partition coefficient (Wildman–Crippen LogP) is 3.51. The van der Waals surface area contributed by atoms with Crippen molar-refractivity contribution in [3.63, 3.8) is 0 Å². The van der Waals surface area contributed by atoms with Gasteiger partial charge in [-0.25, -0.2) is 18.0 Å². The fourth-order valence-corrected chi connectivity index (χ4v) is 2.19. The van der Waals surface area contributed by atoms with Crippen LogP contribution in [-0.2, 0) is 0 Å². The number of hydrogen-bond donors (Lipinski definition) is 1. The summed E-state index contributed by atoms with van der Waals surface area (Å²) < 4.78 is 39.2. The molecule has 1 N–H and O–H groups in total. The number of nitrogens with zero attached hydrogens (tertiary/aromatic N) is 1. The summed E-state index contributed by atoms with van der Waals surface area (Å²) in [5.41, 5.74) is -0.00966. The molecule has 1 aromatic carbocycles. The van der Waals surface area contributed by atoms with Crippen LogP contribution >= 0.6 is 0 Å². The molecule has 0 spiro atoms. The molecule has 0 radical (unpaired) electrons. The van der Waals surface area contributed by atoms with Crippen LogP contribution in [0.15, 0.2) is 18.2 Å². The van der Waals surface area contributed by atoms with E-state index in [2.05, 4.69) is 0 Å². The van der Waals surface area contributed by atoms with Crippen molar-refractivity contribution in [2.24, 2.45) is 5.92 Å². The lowest BCUT2D eigenvalue weighted by atomic mass is 9.96. The van der Waals surface area contributed by atoms with Crippen molar-refractivity contribution in [1.29, 1.82) is 0 Å². The number of allylic oxidation sites excluding steroid dienone is 1. The van der Waals surface area contributed by atoms with Crippen LogP contribution in [0.25, 0.3) is 6.08 Å². The first-order valence-corrected chi connectivity index (χ1v) is 6.28. The van der Waals surface area contributed by atoms with E-state index >= 15 is 0 Å². The van der Waals surface area contributed by atoms with Crippen molar-refractivity contribution in [3.05, 3.63) is 41.2 Å². The van der Waals surface area contributed by atoms with Gasteiger partial charge < -0.3 is 10.0 Å². The quantitative estimate of drug-likeness (QED) is 0.845. The highest BCUT2D eigenvalue weighted by atomic mass is 19.2. The number of hydrogen-bond acceptors (Lipinski definition) is 1. The molecule has 0 saturated carbocycles. The van der Waals surface area contributed by atoms with E-state index < -0.39 is 23.5 Å². The third-order valence-electron chi connectivity index (χ3n) is 3.40. The largest absolute Gasteiger partial charge is 0.465 e. The number of carboxylic acid groups (broad SMARTS) is 1. The Morgan fingerprint density at radius 2 is 1.75 bits per heavy atom. The molecule has 108 valence electrons. The number of carbonyl (C=O) groups is 1. The van der Waals surface area contributed by atoms with Gasteiger partial charge in [0.1, 0.15) is 5.82 Å². The van der Waals surface area contributed by atoms with E-state index in [1.165, 1.54) is 11.0 Å². The maximum Gasteiger partial charge on any atom is 0.407 e. The Kier molecular flexibility index (Phi) is 4.32. The summed E-state index contributed by atoms with van der Waals surface area (Å²) in [4.78, 5) is 12.1. The van der Waals surface area contributed by atoms with Crippen LogP contribution in [0.1, 0.15) is 18.4 Å². The molecule has 6 heteroatoms. The molecule has 1 saturated heterocycles.